The SMILES string of the molecule is COCCNS(=O)(=O)c1cc([N+](=O)[O-])c(Br)s1. The second-order valence-electron chi connectivity index (χ2n) is 2.87. The second kappa shape index (κ2) is 5.87. The number of ether oxygens (including phenoxy) is 1. The maximum absolute atomic E-state index is 11.7. The Bertz CT molecular complexity index is 512. The van der Waals surface area contributed by atoms with Crippen LogP contribution in [0.1, 0.15) is 0 Å². The predicted molar refractivity (Wildman–Crippen MR) is 65.7 cm³/mol. The first-order chi connectivity index (χ1) is 7.88. The Morgan fingerprint density at radius 3 is 2.76 bits per heavy atom. The first-order valence-corrected chi connectivity index (χ1v) is 7.40. The van der Waals surface area contributed by atoms with Gasteiger partial charge in [0, 0.05) is 19.7 Å². The van der Waals surface area contributed by atoms with E-state index in [1.54, 1.807) is 0 Å². The summed E-state index contributed by atoms with van der Waals surface area (Å²) in [5.41, 5.74) is -0.262. The Balaban J connectivity index is 2.92. The van der Waals surface area contributed by atoms with Crippen LogP contribution in [0.2, 0.25) is 0 Å². The molecular weight excluding hydrogens is 336 g/mol. The standard InChI is InChI=1S/C7H9BrN2O5S2/c1-15-3-2-9-17(13,14)6-4-5(10(11)12)7(8)16-6/h4,9H,2-3H2,1H3. The molecular formula is C7H9BrN2O5S2. The van der Waals surface area contributed by atoms with E-state index in [4.69, 9.17) is 4.74 Å². The number of methoxy groups -OCH3 is 1. The zero-order chi connectivity index (χ0) is 13.1. The number of nitrogens with zero attached hydrogens (tertiary/aromatic N) is 1. The van der Waals surface area contributed by atoms with E-state index in [0.717, 1.165) is 17.4 Å². The third-order valence-electron chi connectivity index (χ3n) is 1.71. The lowest BCUT2D eigenvalue weighted by Crippen LogP contribution is -2.26. The van der Waals surface area contributed by atoms with Crippen LogP contribution in [0, 0.1) is 10.1 Å². The number of nitrogens with one attached hydrogen (secondary N) is 1. The molecule has 1 rings (SSSR count). The summed E-state index contributed by atoms with van der Waals surface area (Å²) in [6, 6.07) is 1.02. The van der Waals surface area contributed by atoms with Crippen LogP contribution in [0.4, 0.5) is 5.69 Å². The molecule has 0 radical (unpaired) electrons. The highest BCUT2D eigenvalue weighted by atomic mass is 79.9. The van der Waals surface area contributed by atoms with E-state index in [-0.39, 0.29) is 26.8 Å². The van der Waals surface area contributed by atoms with Crippen LogP contribution in [0.15, 0.2) is 14.1 Å². The largest absolute Gasteiger partial charge is 0.383 e. The molecule has 0 aromatic carbocycles. The monoisotopic (exact) mass is 344 g/mol. The lowest BCUT2D eigenvalue weighted by Gasteiger charge is -2.02. The van der Waals surface area contributed by atoms with Gasteiger partial charge in [-0.3, -0.25) is 10.1 Å². The van der Waals surface area contributed by atoms with Gasteiger partial charge in [0.05, 0.1) is 11.5 Å². The molecule has 96 valence electrons. The molecule has 1 aromatic heterocycles. The minimum absolute atomic E-state index is 0.104. The van der Waals surface area contributed by atoms with Gasteiger partial charge in [0.25, 0.3) is 5.69 Å². The average Bonchev–Trinajstić information content (AvgIpc) is 2.61. The summed E-state index contributed by atoms with van der Waals surface area (Å²) in [6.07, 6.45) is 0. The van der Waals surface area contributed by atoms with Gasteiger partial charge in [0.2, 0.25) is 10.0 Å². The zero-order valence-electron chi connectivity index (χ0n) is 8.67. The van der Waals surface area contributed by atoms with E-state index in [2.05, 4.69) is 20.7 Å². The third kappa shape index (κ3) is 3.71. The van der Waals surface area contributed by atoms with Gasteiger partial charge in [0.15, 0.2) is 0 Å². The number of thiophene rings is 1. The highest BCUT2D eigenvalue weighted by Gasteiger charge is 2.24. The number of hydrogen-bond acceptors (Lipinski definition) is 6. The molecule has 1 N–H and O–H groups in total. The fraction of sp³-hybridized carbons (Fsp3) is 0.429. The lowest BCUT2D eigenvalue weighted by atomic mass is 10.6. The molecule has 1 heterocycles. The Hall–Kier alpha value is -0.550. The van der Waals surface area contributed by atoms with E-state index in [9.17, 15) is 18.5 Å². The summed E-state index contributed by atoms with van der Waals surface area (Å²) >= 11 is 3.74. The molecule has 10 heteroatoms. The van der Waals surface area contributed by atoms with Gasteiger partial charge in [-0.1, -0.05) is 0 Å². The molecule has 0 saturated heterocycles. The van der Waals surface area contributed by atoms with Crippen LogP contribution < -0.4 is 4.72 Å². The number of hydrogen-bond donors (Lipinski definition) is 1. The zero-order valence-corrected chi connectivity index (χ0v) is 11.9. The molecule has 0 unspecified atom stereocenters. The Morgan fingerprint density at radius 2 is 2.29 bits per heavy atom. The van der Waals surface area contributed by atoms with Crippen LogP contribution in [0.5, 0.6) is 0 Å². The maximum Gasteiger partial charge on any atom is 0.295 e. The first-order valence-electron chi connectivity index (χ1n) is 4.31. The van der Waals surface area contributed by atoms with Gasteiger partial charge in [-0.2, -0.15) is 0 Å². The lowest BCUT2D eigenvalue weighted by molar-refractivity contribution is -0.385. The molecule has 17 heavy (non-hydrogen) atoms. The van der Waals surface area contributed by atoms with E-state index in [1.165, 1.54) is 7.11 Å². The van der Waals surface area contributed by atoms with Crippen molar-refractivity contribution in [1.82, 2.24) is 4.72 Å². The number of nitro groups is 1. The fourth-order valence-electron chi connectivity index (χ4n) is 0.945. The normalized spacial score (nSPS) is 11.6. The highest BCUT2D eigenvalue weighted by Crippen LogP contribution is 2.36. The predicted octanol–water partition coefficient (Wildman–Crippen LogP) is 1.34. The van der Waals surface area contributed by atoms with E-state index >= 15 is 0 Å². The highest BCUT2D eigenvalue weighted by molar-refractivity contribution is 9.11. The van der Waals surface area contributed by atoms with Crippen molar-refractivity contribution in [3.8, 4) is 0 Å². The van der Waals surface area contributed by atoms with Crippen molar-refractivity contribution in [2.24, 2.45) is 0 Å². The van der Waals surface area contributed by atoms with Gasteiger partial charge >= 0.3 is 0 Å². The van der Waals surface area contributed by atoms with Crippen molar-refractivity contribution in [3.63, 3.8) is 0 Å². The maximum atomic E-state index is 11.7. The Kier molecular flexibility index (Phi) is 5.01. The number of rotatable bonds is 6. The summed E-state index contributed by atoms with van der Waals surface area (Å²) < 4.78 is 30.4. The molecule has 1 aromatic rings. The van der Waals surface area contributed by atoms with E-state index < -0.39 is 14.9 Å². The summed E-state index contributed by atoms with van der Waals surface area (Å²) in [4.78, 5) is 9.93. The average molecular weight is 345 g/mol. The van der Waals surface area contributed by atoms with Crippen LogP contribution >= 0.6 is 27.3 Å². The van der Waals surface area contributed by atoms with Gasteiger partial charge < -0.3 is 4.74 Å². The first kappa shape index (κ1) is 14.5. The van der Waals surface area contributed by atoms with Gasteiger partial charge in [-0.25, -0.2) is 13.1 Å². The molecule has 0 saturated carbocycles. The van der Waals surface area contributed by atoms with Gasteiger partial charge in [-0.05, 0) is 15.9 Å². The summed E-state index contributed by atoms with van der Waals surface area (Å²) in [5, 5.41) is 10.6. The minimum atomic E-state index is -3.71. The summed E-state index contributed by atoms with van der Waals surface area (Å²) in [7, 11) is -2.27. The van der Waals surface area contributed by atoms with Gasteiger partial charge in [-0.15, -0.1) is 11.3 Å². The fourth-order valence-corrected chi connectivity index (χ4v) is 4.26. The Morgan fingerprint density at radius 1 is 1.65 bits per heavy atom. The molecule has 0 atom stereocenters. The molecule has 0 aliphatic carbocycles. The van der Waals surface area contributed by atoms with Crippen LogP contribution in [0.3, 0.4) is 0 Å². The van der Waals surface area contributed by atoms with Crippen molar-refractivity contribution >= 4 is 43.0 Å². The van der Waals surface area contributed by atoms with Crippen molar-refractivity contribution < 1.29 is 18.1 Å². The Labute approximate surface area is 110 Å². The second-order valence-corrected chi connectivity index (χ2v) is 7.24. The van der Waals surface area contributed by atoms with Crippen LogP contribution in [-0.2, 0) is 14.8 Å². The molecule has 0 bridgehead atoms. The van der Waals surface area contributed by atoms with Gasteiger partial charge in [0.1, 0.15) is 8.00 Å². The number of sulfonamides is 1. The topological polar surface area (TPSA) is 98.5 Å². The van der Waals surface area contributed by atoms with Crippen molar-refractivity contribution in [2.45, 2.75) is 4.21 Å². The molecule has 0 fully saturated rings. The third-order valence-corrected chi connectivity index (χ3v) is 5.45. The van der Waals surface area contributed by atoms with E-state index in [1.807, 2.05) is 0 Å². The van der Waals surface area contributed by atoms with E-state index in [0.29, 0.717) is 0 Å². The van der Waals surface area contributed by atoms with Crippen molar-refractivity contribution in [2.75, 3.05) is 20.3 Å². The quantitative estimate of drug-likeness (QED) is 0.477. The smallest absolute Gasteiger partial charge is 0.295 e. The van der Waals surface area contributed by atoms with Crippen molar-refractivity contribution in [1.29, 1.82) is 0 Å². The number of halogens is 1. The van der Waals surface area contributed by atoms with Crippen molar-refractivity contribution in [3.05, 3.63) is 20.0 Å². The molecule has 7 nitrogen and oxygen atoms in total. The van der Waals surface area contributed by atoms with Crippen LogP contribution in [-0.4, -0.2) is 33.6 Å². The summed E-state index contributed by atoms with van der Waals surface area (Å²) in [6.45, 7) is 0.343. The molecule has 0 aliphatic heterocycles. The molecule has 0 amide bonds. The molecule has 0 spiro atoms. The molecule has 0 aliphatic rings. The van der Waals surface area contributed by atoms with Crippen LogP contribution in [0.25, 0.3) is 0 Å². The minimum Gasteiger partial charge on any atom is -0.383 e. The summed E-state index contributed by atoms with van der Waals surface area (Å²) in [5.74, 6) is 0.